The van der Waals surface area contributed by atoms with Gasteiger partial charge in [0.05, 0.1) is 22.3 Å². The highest BCUT2D eigenvalue weighted by atomic mass is 35.5. The molecule has 1 aliphatic carbocycles. The molecule has 0 saturated heterocycles. The maximum Gasteiger partial charge on any atom is 0.254 e. The van der Waals surface area contributed by atoms with E-state index in [4.69, 9.17) is 34.0 Å². The first-order chi connectivity index (χ1) is 9.04. The smallest absolute Gasteiger partial charge is 0.254 e. The molecule has 0 radical (unpaired) electrons. The molecule has 0 bridgehead atoms. The van der Waals surface area contributed by atoms with E-state index in [-0.39, 0.29) is 34.3 Å². The van der Waals surface area contributed by atoms with Gasteiger partial charge in [0, 0.05) is 18.2 Å². The number of aliphatic hydroxyl groups is 1. The average molecular weight is 303 g/mol. The van der Waals surface area contributed by atoms with E-state index in [1.807, 2.05) is 0 Å². The Morgan fingerprint density at radius 1 is 1.37 bits per heavy atom. The molecule has 1 aliphatic rings. The molecule has 0 atom stereocenters. The Balaban J connectivity index is 2.25. The van der Waals surface area contributed by atoms with Crippen molar-refractivity contribution >= 4 is 34.8 Å². The number of amides is 1. The molecule has 0 aliphatic heterocycles. The Kier molecular flexibility index (Phi) is 4.55. The number of nitrogens with zero attached hydrogens (tertiary/aromatic N) is 1. The van der Waals surface area contributed by atoms with Crippen LogP contribution in [0.25, 0.3) is 0 Å². The number of anilines is 1. The van der Waals surface area contributed by atoms with E-state index >= 15 is 0 Å². The molecule has 0 aromatic heterocycles. The Bertz CT molecular complexity index is 467. The van der Waals surface area contributed by atoms with Crippen molar-refractivity contribution in [1.82, 2.24) is 4.90 Å². The lowest BCUT2D eigenvalue weighted by atomic mass is 9.91. The third-order valence-electron chi connectivity index (χ3n) is 3.44. The number of hydrogen-bond acceptors (Lipinski definition) is 3. The summed E-state index contributed by atoms with van der Waals surface area (Å²) in [5.74, 6) is -0.164. The van der Waals surface area contributed by atoms with Crippen molar-refractivity contribution in [2.75, 3.05) is 18.9 Å². The largest absolute Gasteiger partial charge is 0.396 e. The number of halogens is 2. The second-order valence-corrected chi connectivity index (χ2v) is 5.47. The van der Waals surface area contributed by atoms with E-state index in [1.54, 1.807) is 4.90 Å². The number of hydrogen-bond donors (Lipinski definition) is 2. The Labute approximate surface area is 122 Å². The van der Waals surface area contributed by atoms with Crippen molar-refractivity contribution in [2.24, 2.45) is 0 Å². The zero-order valence-electron chi connectivity index (χ0n) is 10.4. The van der Waals surface area contributed by atoms with Crippen molar-refractivity contribution in [2.45, 2.75) is 25.3 Å². The molecule has 19 heavy (non-hydrogen) atoms. The van der Waals surface area contributed by atoms with Crippen LogP contribution < -0.4 is 5.73 Å². The van der Waals surface area contributed by atoms with Gasteiger partial charge >= 0.3 is 0 Å². The maximum atomic E-state index is 12.4. The quantitative estimate of drug-likeness (QED) is 0.840. The molecule has 0 spiro atoms. The van der Waals surface area contributed by atoms with Crippen molar-refractivity contribution in [1.29, 1.82) is 0 Å². The molecule has 1 aromatic carbocycles. The molecule has 4 nitrogen and oxygen atoms in total. The molecule has 1 amide bonds. The highest BCUT2D eigenvalue weighted by molar-refractivity contribution is 6.39. The van der Waals surface area contributed by atoms with Crippen molar-refractivity contribution < 1.29 is 9.90 Å². The maximum absolute atomic E-state index is 12.4. The minimum Gasteiger partial charge on any atom is -0.396 e. The van der Waals surface area contributed by atoms with Crippen LogP contribution in [0.4, 0.5) is 5.69 Å². The van der Waals surface area contributed by atoms with E-state index < -0.39 is 0 Å². The lowest BCUT2D eigenvalue weighted by molar-refractivity contribution is 0.0526. The van der Waals surface area contributed by atoms with E-state index in [0.717, 1.165) is 19.3 Å². The first-order valence-electron chi connectivity index (χ1n) is 6.21. The van der Waals surface area contributed by atoms with Gasteiger partial charge in [-0.05, 0) is 31.4 Å². The molecule has 1 aromatic rings. The summed E-state index contributed by atoms with van der Waals surface area (Å²) in [5.41, 5.74) is 6.34. The van der Waals surface area contributed by atoms with Crippen LogP contribution in [0.2, 0.25) is 10.0 Å². The van der Waals surface area contributed by atoms with Crippen LogP contribution in [-0.4, -0.2) is 35.1 Å². The van der Waals surface area contributed by atoms with Gasteiger partial charge in [0.1, 0.15) is 0 Å². The van der Waals surface area contributed by atoms with E-state index in [0.29, 0.717) is 12.1 Å². The predicted molar refractivity (Wildman–Crippen MR) is 76.6 cm³/mol. The highest BCUT2D eigenvalue weighted by Gasteiger charge is 2.29. The summed E-state index contributed by atoms with van der Waals surface area (Å²) in [6.07, 6.45) is 3.06. The molecular formula is C13H16Cl2N2O2. The molecule has 6 heteroatoms. The van der Waals surface area contributed by atoms with Gasteiger partial charge in [-0.25, -0.2) is 0 Å². The van der Waals surface area contributed by atoms with Gasteiger partial charge in [-0.15, -0.1) is 0 Å². The molecule has 2 rings (SSSR count). The van der Waals surface area contributed by atoms with E-state index in [2.05, 4.69) is 0 Å². The molecule has 1 saturated carbocycles. The summed E-state index contributed by atoms with van der Waals surface area (Å²) < 4.78 is 0. The van der Waals surface area contributed by atoms with Crippen LogP contribution >= 0.6 is 23.2 Å². The number of nitrogens with two attached hydrogens (primary N) is 1. The Hall–Kier alpha value is -0.970. The summed E-state index contributed by atoms with van der Waals surface area (Å²) in [6, 6.07) is 3.25. The van der Waals surface area contributed by atoms with Gasteiger partial charge in [-0.1, -0.05) is 23.2 Å². The topological polar surface area (TPSA) is 66.6 Å². The summed E-state index contributed by atoms with van der Waals surface area (Å²) >= 11 is 11.9. The van der Waals surface area contributed by atoms with Gasteiger partial charge in [0.2, 0.25) is 0 Å². The Morgan fingerprint density at radius 3 is 2.37 bits per heavy atom. The molecule has 3 N–H and O–H groups in total. The minimum atomic E-state index is -0.164. The molecule has 104 valence electrons. The highest BCUT2D eigenvalue weighted by Crippen LogP contribution is 2.31. The van der Waals surface area contributed by atoms with Crippen LogP contribution in [0.5, 0.6) is 0 Å². The lowest BCUT2D eigenvalue weighted by Crippen LogP contribution is -2.45. The standard InChI is InChI=1S/C13H16Cl2N2O2/c14-10-6-8(7-11(15)12(10)16)13(19)17(4-5-18)9-2-1-3-9/h6-7,9,18H,1-5,16H2. The fraction of sp³-hybridized carbons (Fsp3) is 0.462. The first kappa shape index (κ1) is 14.4. The third kappa shape index (κ3) is 2.96. The fourth-order valence-electron chi connectivity index (χ4n) is 2.13. The van der Waals surface area contributed by atoms with Gasteiger partial charge in [0.15, 0.2) is 0 Å². The molecule has 0 unspecified atom stereocenters. The Morgan fingerprint density at radius 2 is 1.95 bits per heavy atom. The second-order valence-electron chi connectivity index (χ2n) is 4.66. The van der Waals surface area contributed by atoms with Crippen LogP contribution in [-0.2, 0) is 0 Å². The van der Waals surface area contributed by atoms with Crippen molar-refractivity contribution in [3.63, 3.8) is 0 Å². The minimum absolute atomic E-state index is 0.0569. The predicted octanol–water partition coefficient (Wildman–Crippen LogP) is 2.56. The van der Waals surface area contributed by atoms with E-state index in [1.165, 1.54) is 12.1 Å². The number of benzene rings is 1. The summed E-state index contributed by atoms with van der Waals surface area (Å²) in [7, 11) is 0. The van der Waals surface area contributed by atoms with Crippen LogP contribution in [0.3, 0.4) is 0 Å². The lowest BCUT2D eigenvalue weighted by Gasteiger charge is -2.37. The third-order valence-corrected chi connectivity index (χ3v) is 4.07. The summed E-state index contributed by atoms with van der Waals surface area (Å²) in [6.45, 7) is 0.266. The second kappa shape index (κ2) is 5.99. The normalized spacial score (nSPS) is 15.1. The summed E-state index contributed by atoms with van der Waals surface area (Å²) in [5, 5.41) is 9.63. The number of carbonyl (C=O) groups is 1. The molecular weight excluding hydrogens is 287 g/mol. The number of rotatable bonds is 4. The average Bonchev–Trinajstić information content (AvgIpc) is 2.31. The number of aliphatic hydroxyl groups excluding tert-OH is 1. The number of nitrogen functional groups attached to an aromatic ring is 1. The van der Waals surface area contributed by atoms with Crippen LogP contribution in [0, 0.1) is 0 Å². The van der Waals surface area contributed by atoms with Gasteiger partial charge in [-0.3, -0.25) is 4.79 Å². The van der Waals surface area contributed by atoms with Crippen molar-refractivity contribution in [3.8, 4) is 0 Å². The summed E-state index contributed by atoms with van der Waals surface area (Å²) in [4.78, 5) is 14.1. The van der Waals surface area contributed by atoms with Gasteiger partial charge < -0.3 is 15.7 Å². The van der Waals surface area contributed by atoms with Crippen LogP contribution in [0.15, 0.2) is 12.1 Å². The first-order valence-corrected chi connectivity index (χ1v) is 6.96. The fourth-order valence-corrected chi connectivity index (χ4v) is 2.62. The SMILES string of the molecule is Nc1c(Cl)cc(C(=O)N(CCO)C2CCC2)cc1Cl. The zero-order chi connectivity index (χ0) is 14.0. The number of carbonyl (C=O) groups excluding carboxylic acids is 1. The monoisotopic (exact) mass is 302 g/mol. The van der Waals surface area contributed by atoms with Crippen LogP contribution in [0.1, 0.15) is 29.6 Å². The van der Waals surface area contributed by atoms with Gasteiger partial charge in [0.25, 0.3) is 5.91 Å². The molecule has 1 fully saturated rings. The van der Waals surface area contributed by atoms with Gasteiger partial charge in [-0.2, -0.15) is 0 Å². The van der Waals surface area contributed by atoms with E-state index in [9.17, 15) is 4.79 Å². The molecule has 0 heterocycles. The van der Waals surface area contributed by atoms with Crippen molar-refractivity contribution in [3.05, 3.63) is 27.7 Å². The zero-order valence-corrected chi connectivity index (χ0v) is 11.9.